The molecule has 1 aliphatic heterocycles. The lowest BCUT2D eigenvalue weighted by Gasteiger charge is -2.31. The Morgan fingerprint density at radius 1 is 1.09 bits per heavy atom. The number of anilines is 1. The molecule has 0 atom stereocenters. The summed E-state index contributed by atoms with van der Waals surface area (Å²) in [6.07, 6.45) is 1.87. The predicted octanol–water partition coefficient (Wildman–Crippen LogP) is 1.24. The van der Waals surface area contributed by atoms with Gasteiger partial charge in [-0.3, -0.25) is 9.69 Å². The van der Waals surface area contributed by atoms with Gasteiger partial charge in [0.1, 0.15) is 25.1 Å². The first kappa shape index (κ1) is 15.3. The summed E-state index contributed by atoms with van der Waals surface area (Å²) in [4.78, 5) is 16.2. The van der Waals surface area contributed by atoms with Crippen molar-refractivity contribution in [1.29, 1.82) is 0 Å². The van der Waals surface area contributed by atoms with Gasteiger partial charge in [0, 0.05) is 6.07 Å². The van der Waals surface area contributed by atoms with Crippen molar-refractivity contribution in [2.45, 2.75) is 6.42 Å². The van der Waals surface area contributed by atoms with E-state index < -0.39 is 0 Å². The first-order valence-corrected chi connectivity index (χ1v) is 7.60. The van der Waals surface area contributed by atoms with Gasteiger partial charge >= 0.3 is 5.82 Å². The summed E-state index contributed by atoms with van der Waals surface area (Å²) in [5.41, 5.74) is 0.815. The quantitative estimate of drug-likeness (QED) is 0.685. The number of rotatable bonds is 3. The van der Waals surface area contributed by atoms with Crippen LogP contribution in [0.15, 0.2) is 48.7 Å². The Hall–Kier alpha value is -2.63. The van der Waals surface area contributed by atoms with E-state index in [9.17, 15) is 14.4 Å². The third-order valence-corrected chi connectivity index (χ3v) is 4.04. The molecule has 0 spiro atoms. The minimum absolute atomic E-state index is 0.0428. The zero-order chi connectivity index (χ0) is 16.2. The molecule has 0 unspecified atom stereocenters. The van der Waals surface area contributed by atoms with Gasteiger partial charge in [-0.15, -0.1) is 0 Å². The lowest BCUT2D eigenvalue weighted by Crippen LogP contribution is -2.52. The molecule has 3 rings (SSSR count). The molecule has 2 heterocycles. The molecule has 1 aromatic heterocycles. The van der Waals surface area contributed by atoms with Crippen molar-refractivity contribution in [3.05, 3.63) is 60.0 Å². The average Bonchev–Trinajstić information content (AvgIpc) is 2.57. The lowest BCUT2D eigenvalue weighted by atomic mass is 10.1. The van der Waals surface area contributed by atoms with Crippen molar-refractivity contribution in [2.24, 2.45) is 0 Å². The Labute approximate surface area is 134 Å². The van der Waals surface area contributed by atoms with Gasteiger partial charge in [-0.05, 0) is 23.8 Å². The van der Waals surface area contributed by atoms with Gasteiger partial charge < -0.3 is 10.1 Å². The number of benzene rings is 1. The fraction of sp³-hybridized carbons (Fsp3) is 0.294. The van der Waals surface area contributed by atoms with E-state index in [-0.39, 0.29) is 18.1 Å². The molecule has 1 N–H and O–H groups in total. The molecule has 5 nitrogen and oxygen atoms in total. The molecule has 1 aliphatic rings. The lowest BCUT2D eigenvalue weighted by molar-refractivity contribution is -0.894. The van der Waals surface area contributed by atoms with Crippen LogP contribution in [0.1, 0.15) is 5.56 Å². The summed E-state index contributed by atoms with van der Waals surface area (Å²) in [6.45, 7) is 2.54. The molecule has 0 bridgehead atoms. The van der Waals surface area contributed by atoms with Gasteiger partial charge in [-0.1, -0.05) is 22.9 Å². The topological polar surface area (TPSA) is 47.7 Å². The van der Waals surface area contributed by atoms with Crippen LogP contribution in [-0.2, 0) is 11.2 Å². The minimum Gasteiger partial charge on any atom is -0.350 e. The van der Waals surface area contributed by atoms with Crippen LogP contribution < -0.4 is 9.63 Å². The fourth-order valence-corrected chi connectivity index (χ4v) is 2.75. The molecular formula is C17H19FN3O2+. The summed E-state index contributed by atoms with van der Waals surface area (Å²) in [5, 5.41) is 9.82. The van der Waals surface area contributed by atoms with E-state index in [4.69, 9.17) is 0 Å². The molecule has 0 saturated carbocycles. The van der Waals surface area contributed by atoms with Crippen molar-refractivity contribution >= 4 is 11.7 Å². The number of amides is 1. The third-order valence-electron chi connectivity index (χ3n) is 4.04. The highest BCUT2D eigenvalue weighted by Gasteiger charge is 2.27. The zero-order valence-electron chi connectivity index (χ0n) is 12.7. The first-order chi connectivity index (χ1) is 11.1. The maximum absolute atomic E-state index is 12.9. The van der Waals surface area contributed by atoms with E-state index in [1.54, 1.807) is 24.4 Å². The van der Waals surface area contributed by atoms with Crippen LogP contribution in [0, 0.1) is 5.82 Å². The van der Waals surface area contributed by atoms with E-state index in [0.717, 1.165) is 16.1 Å². The number of carbonyl (C=O) groups excluding carboxylic acids is 1. The summed E-state index contributed by atoms with van der Waals surface area (Å²) in [6, 6.07) is 11.5. The molecule has 120 valence electrons. The number of hydrogen-bond donors (Lipinski definition) is 1. The number of nitrogens with zero attached hydrogens (tertiary/aromatic N) is 3. The zero-order valence-corrected chi connectivity index (χ0v) is 12.7. The Morgan fingerprint density at radius 3 is 2.43 bits per heavy atom. The van der Waals surface area contributed by atoms with Crippen molar-refractivity contribution < 1.29 is 19.1 Å². The van der Waals surface area contributed by atoms with Gasteiger partial charge in [0.2, 0.25) is 5.91 Å². The fourth-order valence-electron chi connectivity index (χ4n) is 2.75. The van der Waals surface area contributed by atoms with Gasteiger partial charge in [0.15, 0.2) is 0 Å². The molecule has 1 amide bonds. The predicted molar refractivity (Wildman–Crippen MR) is 82.7 cm³/mol. The normalized spacial score (nSPS) is 14.8. The number of piperazine rings is 1. The minimum atomic E-state index is -0.296. The number of carbonyl (C=O) groups is 1. The molecule has 0 radical (unpaired) electrons. The Kier molecular flexibility index (Phi) is 4.41. The molecule has 1 fully saturated rings. The summed E-state index contributed by atoms with van der Waals surface area (Å²) < 4.78 is 14.0. The van der Waals surface area contributed by atoms with Crippen LogP contribution in [0.25, 0.3) is 0 Å². The first-order valence-electron chi connectivity index (χ1n) is 7.60. The van der Waals surface area contributed by atoms with Gasteiger partial charge in [-0.25, -0.2) is 4.39 Å². The smallest absolute Gasteiger partial charge is 0.316 e. The van der Waals surface area contributed by atoms with E-state index in [0.29, 0.717) is 26.2 Å². The number of pyridine rings is 1. The second kappa shape index (κ2) is 6.64. The third kappa shape index (κ3) is 3.59. The van der Waals surface area contributed by atoms with E-state index in [1.807, 2.05) is 21.9 Å². The SMILES string of the molecule is O=C(Cc1ccc(F)cc1)N1CCN(c2cccc[n+]2O)CC1. The average molecular weight is 316 g/mol. The second-order valence-corrected chi connectivity index (χ2v) is 5.57. The number of aromatic nitrogens is 1. The second-order valence-electron chi connectivity index (χ2n) is 5.57. The summed E-state index contributed by atoms with van der Waals surface area (Å²) in [5.74, 6) is 0.467. The van der Waals surface area contributed by atoms with Crippen molar-refractivity contribution in [2.75, 3.05) is 31.1 Å². The van der Waals surface area contributed by atoms with Crippen molar-refractivity contribution in [3.8, 4) is 0 Å². The molecule has 0 aliphatic carbocycles. The van der Waals surface area contributed by atoms with Gasteiger partial charge in [0.25, 0.3) is 0 Å². The molecule has 1 aromatic carbocycles. The maximum Gasteiger partial charge on any atom is 0.316 e. The van der Waals surface area contributed by atoms with Crippen molar-refractivity contribution in [1.82, 2.24) is 4.90 Å². The Bertz CT molecular complexity index is 682. The monoisotopic (exact) mass is 316 g/mol. The van der Waals surface area contributed by atoms with Gasteiger partial charge in [-0.2, -0.15) is 0 Å². The van der Waals surface area contributed by atoms with Crippen LogP contribution in [0.3, 0.4) is 0 Å². The standard InChI is InChI=1S/C17H19FN3O2/c18-15-6-4-14(5-7-15)13-17(22)20-11-9-19(10-12-20)16-3-1-2-8-21(16)23/h1-8,23H,9-13H2/q+1. The van der Waals surface area contributed by atoms with E-state index in [2.05, 4.69) is 0 Å². The van der Waals surface area contributed by atoms with Crippen LogP contribution >= 0.6 is 0 Å². The summed E-state index contributed by atoms with van der Waals surface area (Å²) in [7, 11) is 0. The molecule has 2 aromatic rings. The molecule has 1 saturated heterocycles. The summed E-state index contributed by atoms with van der Waals surface area (Å²) >= 11 is 0. The highest BCUT2D eigenvalue weighted by atomic mass is 19.1. The highest BCUT2D eigenvalue weighted by Crippen LogP contribution is 2.12. The molecule has 6 heteroatoms. The largest absolute Gasteiger partial charge is 0.350 e. The van der Waals surface area contributed by atoms with Crippen LogP contribution in [0.2, 0.25) is 0 Å². The maximum atomic E-state index is 12.9. The van der Waals surface area contributed by atoms with E-state index >= 15 is 0 Å². The molecule has 23 heavy (non-hydrogen) atoms. The Morgan fingerprint density at radius 2 is 1.78 bits per heavy atom. The van der Waals surface area contributed by atoms with E-state index in [1.165, 1.54) is 12.1 Å². The van der Waals surface area contributed by atoms with Crippen LogP contribution in [-0.4, -0.2) is 42.2 Å². The van der Waals surface area contributed by atoms with Gasteiger partial charge in [0.05, 0.1) is 19.5 Å². The molecular weight excluding hydrogens is 297 g/mol. The van der Waals surface area contributed by atoms with Crippen LogP contribution in [0.4, 0.5) is 10.2 Å². The Balaban J connectivity index is 1.57. The van der Waals surface area contributed by atoms with Crippen molar-refractivity contribution in [3.63, 3.8) is 0 Å². The van der Waals surface area contributed by atoms with Crippen LogP contribution in [0.5, 0.6) is 0 Å². The number of halogens is 1. The highest BCUT2D eigenvalue weighted by molar-refractivity contribution is 5.79. The number of hydrogen-bond acceptors (Lipinski definition) is 3.